The van der Waals surface area contributed by atoms with Gasteiger partial charge in [-0.3, -0.25) is 0 Å². The summed E-state index contributed by atoms with van der Waals surface area (Å²) < 4.78 is 1.29. The fourth-order valence-corrected chi connectivity index (χ4v) is 10.1. The minimum absolute atomic E-state index is 0.127. The number of aromatic nitrogens is 2. The molecule has 0 spiro atoms. The third-order valence-electron chi connectivity index (χ3n) is 2.94. The Bertz CT molecular complexity index is 600. The summed E-state index contributed by atoms with van der Waals surface area (Å²) in [7, 11) is 1.29. The monoisotopic (exact) mass is 372 g/mol. The van der Waals surface area contributed by atoms with Gasteiger partial charge in [0.15, 0.2) is 0 Å². The Balaban J connectivity index is 2.28. The molecule has 2 aromatic heterocycles. The molecule has 2 aromatic rings. The van der Waals surface area contributed by atoms with Gasteiger partial charge >= 0.3 is 118 Å². The molecule has 0 unspecified atom stereocenters. The molecule has 1 aliphatic heterocycles. The summed E-state index contributed by atoms with van der Waals surface area (Å²) in [4.78, 5) is 11.5. The summed E-state index contributed by atoms with van der Waals surface area (Å²) in [6, 6.07) is 8.37. The number of anilines is 2. The second-order valence-corrected chi connectivity index (χ2v) is 16.4. The van der Waals surface area contributed by atoms with Crippen LogP contribution in [0.25, 0.3) is 0 Å². The second-order valence-electron chi connectivity index (χ2n) is 4.48. The van der Waals surface area contributed by atoms with E-state index in [9.17, 15) is 0 Å². The van der Waals surface area contributed by atoms with Crippen molar-refractivity contribution in [3.63, 3.8) is 0 Å². The molecule has 0 saturated carbocycles. The average molecular weight is 372 g/mol. The van der Waals surface area contributed by atoms with Crippen LogP contribution in [0.1, 0.15) is 0 Å². The van der Waals surface area contributed by atoms with Crippen LogP contribution in [0, 0.1) is 3.70 Å². The van der Waals surface area contributed by atoms with Gasteiger partial charge in [0, 0.05) is 0 Å². The van der Waals surface area contributed by atoms with Gasteiger partial charge < -0.3 is 0 Å². The summed E-state index contributed by atoms with van der Waals surface area (Å²) in [5, 5.41) is 1.28. The van der Waals surface area contributed by atoms with Gasteiger partial charge in [0.25, 0.3) is 0 Å². The topological polar surface area (TPSA) is 29.0 Å². The van der Waals surface area contributed by atoms with Crippen LogP contribution in [-0.4, -0.2) is 29.5 Å². The summed E-state index contributed by atoms with van der Waals surface area (Å²) in [5.41, 5.74) is 2.49. The van der Waals surface area contributed by atoms with E-state index >= 15 is 0 Å². The van der Waals surface area contributed by atoms with Crippen molar-refractivity contribution in [2.45, 2.75) is 5.03 Å². The van der Waals surface area contributed by atoms with Crippen molar-refractivity contribution in [3.8, 4) is 0 Å². The van der Waals surface area contributed by atoms with Crippen LogP contribution < -0.4 is 24.7 Å². The molecular formula is C13H15IN3S-. The predicted octanol–water partition coefficient (Wildman–Crippen LogP) is -0.145. The van der Waals surface area contributed by atoms with Crippen molar-refractivity contribution in [1.82, 2.24) is 9.97 Å². The van der Waals surface area contributed by atoms with Crippen molar-refractivity contribution in [1.29, 1.82) is 0 Å². The number of pyridine rings is 2. The van der Waals surface area contributed by atoms with Gasteiger partial charge in [0.05, 0.1) is 0 Å². The van der Waals surface area contributed by atoms with E-state index in [1.165, 1.54) is 20.1 Å². The van der Waals surface area contributed by atoms with Gasteiger partial charge in [-0.25, -0.2) is 0 Å². The Morgan fingerprint density at radius 3 is 2.50 bits per heavy atom. The van der Waals surface area contributed by atoms with E-state index in [1.54, 1.807) is 0 Å². The predicted molar refractivity (Wildman–Crippen MR) is 72.9 cm³/mol. The summed E-state index contributed by atoms with van der Waals surface area (Å²) in [5.74, 6) is 0. The maximum absolute atomic E-state index is 4.66. The maximum atomic E-state index is 4.66. The zero-order chi connectivity index (χ0) is 12.8. The Morgan fingerprint density at radius 1 is 1.06 bits per heavy atom. The Kier molecular flexibility index (Phi) is 2.97. The molecule has 0 bridgehead atoms. The van der Waals surface area contributed by atoms with Crippen molar-refractivity contribution >= 4 is 18.6 Å². The van der Waals surface area contributed by atoms with E-state index in [0.29, 0.717) is 0 Å². The van der Waals surface area contributed by atoms with Crippen molar-refractivity contribution in [3.05, 3.63) is 40.4 Å². The minimum atomic E-state index is -0.830. The Morgan fingerprint density at radius 2 is 1.72 bits per heavy atom. The molecule has 1 aliphatic rings. The molecule has 0 atom stereocenters. The number of fused-ring (bicyclic) bond motifs is 2. The average Bonchev–Trinajstić information content (AvgIpc) is 2.45. The second kappa shape index (κ2) is 4.38. The van der Waals surface area contributed by atoms with E-state index in [2.05, 4.69) is 46.6 Å². The van der Waals surface area contributed by atoms with Crippen LogP contribution in [0.3, 0.4) is 0 Å². The van der Waals surface area contributed by atoms with Gasteiger partial charge in [-0.1, -0.05) is 0 Å². The van der Waals surface area contributed by atoms with Crippen molar-refractivity contribution in [2.24, 2.45) is 0 Å². The summed E-state index contributed by atoms with van der Waals surface area (Å²) >= 11 is -0.127. The normalized spacial score (nSPS) is 18.9. The molecule has 0 aliphatic carbocycles. The first-order valence-corrected chi connectivity index (χ1v) is 11.7. The van der Waals surface area contributed by atoms with Crippen molar-refractivity contribution < 1.29 is 19.8 Å². The van der Waals surface area contributed by atoms with Crippen LogP contribution in [0.4, 0.5) is 11.4 Å². The van der Waals surface area contributed by atoms with Gasteiger partial charge in [0.1, 0.15) is 0 Å². The van der Waals surface area contributed by atoms with Crippen LogP contribution in [0.5, 0.6) is 0 Å². The van der Waals surface area contributed by atoms with Gasteiger partial charge in [0.2, 0.25) is 0 Å². The molecule has 18 heavy (non-hydrogen) atoms. The molecular weight excluding hydrogens is 357 g/mol. The number of nitrogens with zero attached hydrogens (tertiary/aromatic N) is 3. The molecule has 0 aromatic carbocycles. The molecule has 5 heteroatoms. The Labute approximate surface area is 118 Å². The SMILES string of the molecule is CN1c2cccnc2[I-]S(C)(C)c2ncccc21. The third kappa shape index (κ3) is 1.89. The zero-order valence-corrected chi connectivity index (χ0v) is 13.6. The first-order valence-electron chi connectivity index (χ1n) is 5.63. The number of rotatable bonds is 0. The molecule has 0 N–H and O–H groups in total. The summed E-state index contributed by atoms with van der Waals surface area (Å²) in [6.45, 7) is 0. The quantitative estimate of drug-likeness (QED) is 0.476. The number of hydrogen-bond acceptors (Lipinski definition) is 3. The molecule has 0 radical (unpaired) electrons. The molecule has 96 valence electrons. The number of halogens is 1. The third-order valence-corrected chi connectivity index (χ3v) is 11.3. The Hall–Kier alpha value is -0.820. The molecule has 0 amide bonds. The van der Waals surface area contributed by atoms with Gasteiger partial charge in [-0.15, -0.1) is 0 Å². The van der Waals surface area contributed by atoms with Crippen LogP contribution in [0.15, 0.2) is 41.7 Å². The van der Waals surface area contributed by atoms with E-state index in [0.717, 1.165) is 0 Å². The molecule has 3 heterocycles. The summed E-state index contributed by atoms with van der Waals surface area (Å²) in [6.07, 6.45) is 8.55. The van der Waals surface area contributed by atoms with E-state index in [-0.39, 0.29) is 19.8 Å². The van der Waals surface area contributed by atoms with E-state index < -0.39 is 7.20 Å². The van der Waals surface area contributed by atoms with Crippen molar-refractivity contribution in [2.75, 3.05) is 24.5 Å². The zero-order valence-electron chi connectivity index (χ0n) is 10.6. The van der Waals surface area contributed by atoms with Crippen LogP contribution in [0.2, 0.25) is 0 Å². The molecule has 3 rings (SSSR count). The standard InChI is InChI=1S/C13H15IN3S/c1-17-10-6-4-8-15-12(10)14-18(2,3)13-11(17)7-5-9-16-13/h4-9H,1-3H3/q-1. The van der Waals surface area contributed by atoms with Crippen LogP contribution >= 0.6 is 7.20 Å². The first-order chi connectivity index (χ1) is 8.59. The molecule has 3 nitrogen and oxygen atoms in total. The van der Waals surface area contributed by atoms with Crippen LogP contribution in [-0.2, 0) is 0 Å². The van der Waals surface area contributed by atoms with Gasteiger partial charge in [-0.2, -0.15) is 0 Å². The van der Waals surface area contributed by atoms with Gasteiger partial charge in [-0.05, 0) is 0 Å². The van der Waals surface area contributed by atoms with E-state index in [1.807, 2.05) is 24.5 Å². The number of hydrogen-bond donors (Lipinski definition) is 0. The molecule has 0 fully saturated rings. The first kappa shape index (κ1) is 12.2. The fourth-order valence-electron chi connectivity index (χ4n) is 2.05. The fraction of sp³-hybridized carbons (Fsp3) is 0.231. The molecule has 0 saturated heterocycles. The van der Waals surface area contributed by atoms with E-state index in [4.69, 9.17) is 0 Å².